The minimum atomic E-state index is 0.900. The molecule has 0 aliphatic rings. The summed E-state index contributed by atoms with van der Waals surface area (Å²) in [6.45, 7) is 2.11. The molecule has 5 aromatic rings. The van der Waals surface area contributed by atoms with Crippen LogP contribution in [0.15, 0.2) is 48.1 Å². The molecule has 4 nitrogen and oxygen atoms in total. The number of pyridine rings is 2. The van der Waals surface area contributed by atoms with Crippen LogP contribution in [-0.2, 0) is 0 Å². The van der Waals surface area contributed by atoms with Crippen LogP contribution in [-0.4, -0.2) is 19.9 Å². The predicted molar refractivity (Wildman–Crippen MR) is 94.7 cm³/mol. The number of imidazole rings is 1. The van der Waals surface area contributed by atoms with Crippen LogP contribution < -0.4 is 0 Å². The molecule has 4 heterocycles. The van der Waals surface area contributed by atoms with Crippen LogP contribution >= 0.6 is 11.3 Å². The molecule has 0 amide bonds. The van der Waals surface area contributed by atoms with Crippen molar-refractivity contribution in [3.8, 4) is 10.7 Å². The van der Waals surface area contributed by atoms with Crippen molar-refractivity contribution in [2.45, 2.75) is 6.92 Å². The molecule has 1 aromatic carbocycles. The van der Waals surface area contributed by atoms with E-state index in [9.17, 15) is 0 Å². The molecule has 0 saturated carbocycles. The zero-order valence-electron chi connectivity index (χ0n) is 12.4. The molecule has 0 bridgehead atoms. The van der Waals surface area contributed by atoms with Crippen molar-refractivity contribution in [2.75, 3.05) is 0 Å². The smallest absolute Gasteiger partial charge is 0.148 e. The summed E-state index contributed by atoms with van der Waals surface area (Å²) in [4.78, 5) is 18.6. The lowest BCUT2D eigenvalue weighted by atomic mass is 10.1. The SMILES string of the molecule is Cc1ccsc1-c1nc2c3cccnc3c3ncccc3c2[nH]1. The van der Waals surface area contributed by atoms with Gasteiger partial charge in [-0.3, -0.25) is 9.97 Å². The van der Waals surface area contributed by atoms with E-state index in [-0.39, 0.29) is 0 Å². The Bertz CT molecular complexity index is 1110. The summed E-state index contributed by atoms with van der Waals surface area (Å²) in [6.07, 6.45) is 3.61. The Kier molecular flexibility index (Phi) is 2.55. The Labute approximate surface area is 135 Å². The minimum Gasteiger partial charge on any atom is -0.337 e. The van der Waals surface area contributed by atoms with Crippen molar-refractivity contribution in [1.82, 2.24) is 19.9 Å². The number of hydrogen-bond acceptors (Lipinski definition) is 4. The van der Waals surface area contributed by atoms with Gasteiger partial charge in [-0.2, -0.15) is 0 Å². The number of rotatable bonds is 1. The Morgan fingerprint density at radius 2 is 1.65 bits per heavy atom. The first-order chi connectivity index (χ1) is 11.3. The van der Waals surface area contributed by atoms with E-state index in [4.69, 9.17) is 4.98 Å². The molecule has 0 aliphatic heterocycles. The van der Waals surface area contributed by atoms with Gasteiger partial charge in [-0.25, -0.2) is 4.98 Å². The van der Waals surface area contributed by atoms with E-state index in [0.717, 1.165) is 38.7 Å². The highest BCUT2D eigenvalue weighted by atomic mass is 32.1. The molecule has 4 aromatic heterocycles. The number of nitrogens with one attached hydrogen (secondary N) is 1. The van der Waals surface area contributed by atoms with E-state index in [1.165, 1.54) is 10.4 Å². The molecule has 1 N–H and O–H groups in total. The van der Waals surface area contributed by atoms with Crippen molar-refractivity contribution in [3.05, 3.63) is 53.7 Å². The highest BCUT2D eigenvalue weighted by Gasteiger charge is 2.16. The Hall–Kier alpha value is -2.79. The fraction of sp³-hybridized carbons (Fsp3) is 0.0556. The van der Waals surface area contributed by atoms with Gasteiger partial charge in [0.25, 0.3) is 0 Å². The van der Waals surface area contributed by atoms with Crippen molar-refractivity contribution >= 4 is 44.2 Å². The molecule has 5 rings (SSSR count). The zero-order valence-corrected chi connectivity index (χ0v) is 13.2. The third kappa shape index (κ3) is 1.74. The van der Waals surface area contributed by atoms with Gasteiger partial charge in [-0.1, -0.05) is 0 Å². The monoisotopic (exact) mass is 316 g/mol. The molecule has 0 saturated heterocycles. The molecular formula is C18H12N4S. The largest absolute Gasteiger partial charge is 0.337 e. The standard InChI is InChI=1S/C18H12N4S/c1-10-6-9-23-17(10)18-21-15-11-4-2-7-19-13(11)14-12(16(15)22-18)5-3-8-20-14/h2-9H,1H3,(H,21,22). The highest BCUT2D eigenvalue weighted by Crippen LogP contribution is 2.35. The van der Waals surface area contributed by atoms with E-state index in [2.05, 4.69) is 45.5 Å². The van der Waals surface area contributed by atoms with E-state index in [1.54, 1.807) is 17.5 Å². The Balaban J connectivity index is 2.01. The van der Waals surface area contributed by atoms with Crippen molar-refractivity contribution < 1.29 is 0 Å². The van der Waals surface area contributed by atoms with E-state index >= 15 is 0 Å². The number of thiophene rings is 1. The fourth-order valence-electron chi connectivity index (χ4n) is 3.07. The second-order valence-corrected chi connectivity index (χ2v) is 6.46. The third-order valence-electron chi connectivity index (χ3n) is 4.15. The van der Waals surface area contributed by atoms with Gasteiger partial charge in [-0.05, 0) is 48.2 Å². The molecule has 0 unspecified atom stereocenters. The van der Waals surface area contributed by atoms with Crippen LogP contribution in [0, 0.1) is 6.92 Å². The molecule has 5 heteroatoms. The third-order valence-corrected chi connectivity index (χ3v) is 5.17. The summed E-state index contributed by atoms with van der Waals surface area (Å²) >= 11 is 1.70. The number of benzene rings is 1. The molecular weight excluding hydrogens is 304 g/mol. The van der Waals surface area contributed by atoms with Gasteiger partial charge in [-0.15, -0.1) is 11.3 Å². The van der Waals surface area contributed by atoms with Gasteiger partial charge >= 0.3 is 0 Å². The second kappa shape index (κ2) is 4.60. The Morgan fingerprint density at radius 3 is 2.39 bits per heavy atom. The van der Waals surface area contributed by atoms with Gasteiger partial charge in [0, 0.05) is 23.2 Å². The number of aromatic amines is 1. The molecule has 0 fully saturated rings. The minimum absolute atomic E-state index is 0.900. The molecule has 0 spiro atoms. The van der Waals surface area contributed by atoms with Gasteiger partial charge < -0.3 is 4.98 Å². The second-order valence-electron chi connectivity index (χ2n) is 5.54. The van der Waals surface area contributed by atoms with Crippen molar-refractivity contribution in [1.29, 1.82) is 0 Å². The van der Waals surface area contributed by atoms with Crippen LogP contribution in [0.3, 0.4) is 0 Å². The summed E-state index contributed by atoms with van der Waals surface area (Å²) in [7, 11) is 0. The maximum absolute atomic E-state index is 4.88. The fourth-order valence-corrected chi connectivity index (χ4v) is 3.94. The summed E-state index contributed by atoms with van der Waals surface area (Å²) < 4.78 is 0. The van der Waals surface area contributed by atoms with E-state index < -0.39 is 0 Å². The van der Waals surface area contributed by atoms with Gasteiger partial charge in [0.15, 0.2) is 0 Å². The topological polar surface area (TPSA) is 54.5 Å². The quantitative estimate of drug-likeness (QED) is 0.456. The number of aromatic nitrogens is 4. The lowest BCUT2D eigenvalue weighted by Crippen LogP contribution is -1.86. The first kappa shape index (κ1) is 12.7. The number of H-pyrrole nitrogens is 1. The summed E-state index contributed by atoms with van der Waals surface area (Å²) in [5.41, 5.74) is 5.02. The maximum atomic E-state index is 4.88. The first-order valence-corrected chi connectivity index (χ1v) is 8.26. The number of nitrogens with zero attached hydrogens (tertiary/aromatic N) is 3. The molecule has 0 aliphatic carbocycles. The summed E-state index contributed by atoms with van der Waals surface area (Å²) in [5, 5.41) is 4.18. The van der Waals surface area contributed by atoms with Crippen molar-refractivity contribution in [3.63, 3.8) is 0 Å². The molecule has 0 radical (unpaired) electrons. The van der Waals surface area contributed by atoms with Gasteiger partial charge in [0.1, 0.15) is 5.82 Å². The average molecular weight is 316 g/mol. The van der Waals surface area contributed by atoms with E-state index in [1.807, 2.05) is 18.3 Å². The maximum Gasteiger partial charge on any atom is 0.148 e. The zero-order chi connectivity index (χ0) is 15.4. The first-order valence-electron chi connectivity index (χ1n) is 7.38. The normalized spacial score (nSPS) is 11.7. The van der Waals surface area contributed by atoms with Crippen LogP contribution in [0.4, 0.5) is 0 Å². The van der Waals surface area contributed by atoms with Crippen LogP contribution in [0.1, 0.15) is 5.56 Å². The van der Waals surface area contributed by atoms with Crippen LogP contribution in [0.2, 0.25) is 0 Å². The average Bonchev–Trinajstić information content (AvgIpc) is 3.21. The molecule has 110 valence electrons. The van der Waals surface area contributed by atoms with Gasteiger partial charge in [0.2, 0.25) is 0 Å². The lowest BCUT2D eigenvalue weighted by Gasteiger charge is -2.03. The van der Waals surface area contributed by atoms with Crippen LogP contribution in [0.25, 0.3) is 43.5 Å². The molecule has 0 atom stereocenters. The Morgan fingerprint density at radius 1 is 0.913 bits per heavy atom. The summed E-state index contributed by atoms with van der Waals surface area (Å²) in [5.74, 6) is 0.911. The van der Waals surface area contributed by atoms with Gasteiger partial charge in [0.05, 0.1) is 26.9 Å². The molecule has 23 heavy (non-hydrogen) atoms. The number of hydrogen-bond donors (Lipinski definition) is 1. The number of fused-ring (bicyclic) bond motifs is 6. The highest BCUT2D eigenvalue weighted by molar-refractivity contribution is 7.13. The van der Waals surface area contributed by atoms with Crippen LogP contribution in [0.5, 0.6) is 0 Å². The van der Waals surface area contributed by atoms with E-state index in [0.29, 0.717) is 0 Å². The predicted octanol–water partition coefficient (Wildman–Crippen LogP) is 4.70. The number of aryl methyl sites for hydroxylation is 1. The summed E-state index contributed by atoms with van der Waals surface area (Å²) in [6, 6.07) is 10.1. The lowest BCUT2D eigenvalue weighted by molar-refractivity contribution is 1.34. The van der Waals surface area contributed by atoms with Crippen molar-refractivity contribution in [2.24, 2.45) is 0 Å².